The fraction of sp³-hybridized carbons (Fsp3) is 0.407. The van der Waals surface area contributed by atoms with Gasteiger partial charge in [-0.3, -0.25) is 9.69 Å². The van der Waals surface area contributed by atoms with Crippen LogP contribution in [0.15, 0.2) is 53.3 Å². The monoisotopic (exact) mass is 471 g/mol. The van der Waals surface area contributed by atoms with E-state index >= 15 is 0 Å². The maximum atomic E-state index is 13.5. The third-order valence-electron chi connectivity index (χ3n) is 6.79. The van der Waals surface area contributed by atoms with Crippen LogP contribution in [-0.4, -0.2) is 56.3 Å². The lowest BCUT2D eigenvalue weighted by Crippen LogP contribution is -2.49. The van der Waals surface area contributed by atoms with E-state index in [0.717, 1.165) is 42.6 Å². The summed E-state index contributed by atoms with van der Waals surface area (Å²) >= 11 is 0. The molecule has 1 fully saturated rings. The fourth-order valence-corrected chi connectivity index (χ4v) is 5.13. The summed E-state index contributed by atoms with van der Waals surface area (Å²) in [5.41, 5.74) is 4.60. The first-order valence-corrected chi connectivity index (χ1v) is 12.2. The van der Waals surface area contributed by atoms with Crippen molar-refractivity contribution >= 4 is 16.6 Å². The Morgan fingerprint density at radius 1 is 0.971 bits per heavy atom. The molecular weight excluding hydrogens is 438 g/mol. The van der Waals surface area contributed by atoms with Crippen LogP contribution < -0.4 is 10.5 Å². The van der Waals surface area contributed by atoms with Crippen LogP contribution in [0.2, 0.25) is 0 Å². The molecule has 1 aliphatic rings. The van der Waals surface area contributed by atoms with E-state index in [-0.39, 0.29) is 17.1 Å². The number of nitrogens with zero attached hydrogens (tertiary/aromatic N) is 6. The Morgan fingerprint density at radius 3 is 2.37 bits per heavy atom. The van der Waals surface area contributed by atoms with Gasteiger partial charge in [0.25, 0.3) is 5.56 Å². The van der Waals surface area contributed by atoms with Crippen LogP contribution in [0.1, 0.15) is 49.3 Å². The summed E-state index contributed by atoms with van der Waals surface area (Å²) < 4.78 is 1.85. The van der Waals surface area contributed by atoms with E-state index in [1.54, 1.807) is 0 Å². The molecule has 0 unspecified atom stereocenters. The number of aromatic amines is 1. The van der Waals surface area contributed by atoms with E-state index in [9.17, 15) is 4.79 Å². The first kappa shape index (κ1) is 23.2. The molecule has 0 bridgehead atoms. The fourth-order valence-electron chi connectivity index (χ4n) is 5.13. The molecule has 3 heterocycles. The maximum absolute atomic E-state index is 13.5. The van der Waals surface area contributed by atoms with Crippen molar-refractivity contribution in [3.63, 3.8) is 0 Å². The SMILES string of the molecule is Cc1cc(C)c2[nH]c(=O)c([C@H](c3nnnn3C(C)(C)C)N3CCN(c4ccccc4)CC3)cc2c1. The minimum absolute atomic E-state index is 0.0941. The molecule has 1 saturated heterocycles. The third-order valence-corrected chi connectivity index (χ3v) is 6.79. The number of H-pyrrole nitrogens is 1. The van der Waals surface area contributed by atoms with E-state index in [0.29, 0.717) is 11.4 Å². The molecule has 1 atom stereocenters. The van der Waals surface area contributed by atoms with Crippen molar-refractivity contribution < 1.29 is 0 Å². The lowest BCUT2D eigenvalue weighted by atomic mass is 9.99. The summed E-state index contributed by atoms with van der Waals surface area (Å²) in [4.78, 5) is 21.4. The zero-order chi connectivity index (χ0) is 24.7. The van der Waals surface area contributed by atoms with Crippen LogP contribution in [0.4, 0.5) is 5.69 Å². The quantitative estimate of drug-likeness (QED) is 0.488. The lowest BCUT2D eigenvalue weighted by Gasteiger charge is -2.40. The minimum Gasteiger partial charge on any atom is -0.369 e. The van der Waals surface area contributed by atoms with Crippen molar-refractivity contribution in [1.29, 1.82) is 0 Å². The molecule has 2 aromatic carbocycles. The van der Waals surface area contributed by atoms with Crippen LogP contribution >= 0.6 is 0 Å². The number of aromatic nitrogens is 5. The van der Waals surface area contributed by atoms with Crippen LogP contribution in [0.5, 0.6) is 0 Å². The smallest absolute Gasteiger partial charge is 0.253 e. The molecule has 1 aliphatic heterocycles. The molecule has 8 heteroatoms. The van der Waals surface area contributed by atoms with Gasteiger partial charge in [-0.25, -0.2) is 4.68 Å². The largest absolute Gasteiger partial charge is 0.369 e. The van der Waals surface area contributed by atoms with Crippen molar-refractivity contribution in [1.82, 2.24) is 30.1 Å². The zero-order valence-corrected chi connectivity index (χ0v) is 21.1. The number of piperazine rings is 1. The predicted octanol–water partition coefficient (Wildman–Crippen LogP) is 3.80. The summed E-state index contributed by atoms with van der Waals surface area (Å²) in [5, 5.41) is 13.8. The molecule has 35 heavy (non-hydrogen) atoms. The average molecular weight is 472 g/mol. The predicted molar refractivity (Wildman–Crippen MR) is 139 cm³/mol. The van der Waals surface area contributed by atoms with Gasteiger partial charge in [-0.2, -0.15) is 0 Å². The first-order chi connectivity index (χ1) is 16.7. The van der Waals surface area contributed by atoms with Crippen LogP contribution in [0.3, 0.4) is 0 Å². The summed E-state index contributed by atoms with van der Waals surface area (Å²) in [6, 6.07) is 16.4. The normalized spacial score (nSPS) is 16.1. The van der Waals surface area contributed by atoms with E-state index < -0.39 is 0 Å². The van der Waals surface area contributed by atoms with Gasteiger partial charge < -0.3 is 9.88 Å². The highest BCUT2D eigenvalue weighted by atomic mass is 16.1. The van der Waals surface area contributed by atoms with Gasteiger partial charge in [-0.1, -0.05) is 29.8 Å². The molecule has 0 radical (unpaired) electrons. The van der Waals surface area contributed by atoms with Gasteiger partial charge in [0.2, 0.25) is 0 Å². The third kappa shape index (κ3) is 4.46. The van der Waals surface area contributed by atoms with Crippen molar-refractivity contribution in [3.05, 3.63) is 81.4 Å². The zero-order valence-electron chi connectivity index (χ0n) is 21.1. The number of tetrazole rings is 1. The first-order valence-electron chi connectivity index (χ1n) is 12.2. The lowest BCUT2D eigenvalue weighted by molar-refractivity contribution is 0.190. The second-order valence-electron chi connectivity index (χ2n) is 10.5. The minimum atomic E-state index is -0.351. The Balaban J connectivity index is 1.59. The molecule has 0 aliphatic carbocycles. The van der Waals surface area contributed by atoms with E-state index in [1.807, 2.05) is 23.7 Å². The topological polar surface area (TPSA) is 82.9 Å². The second kappa shape index (κ2) is 8.92. The van der Waals surface area contributed by atoms with Gasteiger partial charge >= 0.3 is 0 Å². The molecule has 2 aromatic heterocycles. The Labute approximate surface area is 205 Å². The summed E-state index contributed by atoms with van der Waals surface area (Å²) in [5.74, 6) is 0.694. The van der Waals surface area contributed by atoms with Gasteiger partial charge in [0.15, 0.2) is 5.82 Å². The number of nitrogens with one attached hydrogen (secondary N) is 1. The Kier molecular flexibility index (Phi) is 5.92. The van der Waals surface area contributed by atoms with E-state index in [1.165, 1.54) is 11.3 Å². The van der Waals surface area contributed by atoms with Crippen LogP contribution in [0, 0.1) is 13.8 Å². The highest BCUT2D eigenvalue weighted by Gasteiger charge is 2.35. The molecule has 1 N–H and O–H groups in total. The standard InChI is InChI=1S/C27H33N7O/c1-18-15-19(2)23-20(16-18)17-22(26(35)28-23)24(25-29-30-31-34(25)27(3,4)5)33-13-11-32(12-14-33)21-9-7-6-8-10-21/h6-10,15-17,24H,11-14H2,1-5H3,(H,28,35)/t24-/m1/s1. The summed E-state index contributed by atoms with van der Waals surface area (Å²) in [6.07, 6.45) is 0. The van der Waals surface area contributed by atoms with Gasteiger partial charge in [-0.15, -0.1) is 5.10 Å². The van der Waals surface area contributed by atoms with E-state index in [2.05, 4.69) is 94.4 Å². The molecule has 5 rings (SSSR count). The van der Waals surface area contributed by atoms with Crippen LogP contribution in [-0.2, 0) is 5.54 Å². The van der Waals surface area contributed by atoms with Crippen molar-refractivity contribution in [2.24, 2.45) is 0 Å². The molecule has 0 spiro atoms. The summed E-state index contributed by atoms with van der Waals surface area (Å²) in [7, 11) is 0. The number of anilines is 1. The molecular formula is C27H33N7O. The van der Waals surface area contributed by atoms with Crippen LogP contribution in [0.25, 0.3) is 10.9 Å². The Hall–Kier alpha value is -3.52. The van der Waals surface area contributed by atoms with Gasteiger partial charge in [-0.05, 0) is 80.3 Å². The number of aryl methyl sites for hydroxylation is 2. The van der Waals surface area contributed by atoms with Crippen molar-refractivity contribution in [3.8, 4) is 0 Å². The Bertz CT molecular complexity index is 1390. The maximum Gasteiger partial charge on any atom is 0.253 e. The number of benzene rings is 2. The van der Waals surface area contributed by atoms with Gasteiger partial charge in [0, 0.05) is 37.4 Å². The molecule has 0 amide bonds. The highest BCUT2D eigenvalue weighted by molar-refractivity contribution is 5.83. The summed E-state index contributed by atoms with van der Waals surface area (Å²) in [6.45, 7) is 13.7. The number of rotatable bonds is 4. The molecule has 8 nitrogen and oxygen atoms in total. The second-order valence-corrected chi connectivity index (χ2v) is 10.5. The van der Waals surface area contributed by atoms with Crippen molar-refractivity contribution in [2.45, 2.75) is 46.2 Å². The number of fused-ring (bicyclic) bond motifs is 1. The number of para-hydroxylation sites is 1. The van der Waals surface area contributed by atoms with E-state index in [4.69, 9.17) is 0 Å². The van der Waals surface area contributed by atoms with Crippen molar-refractivity contribution in [2.75, 3.05) is 31.1 Å². The molecule has 0 saturated carbocycles. The average Bonchev–Trinajstić information content (AvgIpc) is 3.31. The number of hydrogen-bond acceptors (Lipinski definition) is 6. The molecule has 182 valence electrons. The van der Waals surface area contributed by atoms with Gasteiger partial charge in [0.1, 0.15) is 6.04 Å². The number of hydrogen-bond donors (Lipinski definition) is 1. The molecule has 4 aromatic rings. The highest BCUT2D eigenvalue weighted by Crippen LogP contribution is 2.31. The van der Waals surface area contributed by atoms with Gasteiger partial charge in [0.05, 0.1) is 11.1 Å². The Morgan fingerprint density at radius 2 is 1.69 bits per heavy atom. The number of pyridine rings is 1.